The lowest BCUT2D eigenvalue weighted by Gasteiger charge is -2.06. The van der Waals surface area contributed by atoms with E-state index in [-0.39, 0.29) is 0 Å². The Kier molecular flexibility index (Phi) is 3.52. The van der Waals surface area contributed by atoms with E-state index in [1.807, 2.05) is 29.0 Å². The predicted molar refractivity (Wildman–Crippen MR) is 97.7 cm³/mol. The van der Waals surface area contributed by atoms with Crippen molar-refractivity contribution in [1.29, 1.82) is 0 Å². The van der Waals surface area contributed by atoms with Gasteiger partial charge in [0.1, 0.15) is 5.01 Å². The quantitative estimate of drug-likeness (QED) is 0.473. The number of thiazole rings is 1. The zero-order valence-electron chi connectivity index (χ0n) is 12.4. The van der Waals surface area contributed by atoms with Crippen LogP contribution in [0.15, 0.2) is 60.8 Å². The van der Waals surface area contributed by atoms with Crippen molar-refractivity contribution in [2.24, 2.45) is 0 Å². The molecule has 0 unspecified atom stereocenters. The van der Waals surface area contributed by atoms with E-state index in [4.69, 9.17) is 12.2 Å². The summed E-state index contributed by atoms with van der Waals surface area (Å²) < 4.78 is 3.48. The zero-order valence-corrected chi connectivity index (χ0v) is 14.1. The van der Waals surface area contributed by atoms with Crippen LogP contribution in [0.1, 0.15) is 5.56 Å². The van der Waals surface area contributed by atoms with Gasteiger partial charge in [-0.1, -0.05) is 48.0 Å². The van der Waals surface area contributed by atoms with Crippen molar-refractivity contribution in [2.45, 2.75) is 6.92 Å². The van der Waals surface area contributed by atoms with Crippen LogP contribution in [-0.2, 0) is 0 Å². The van der Waals surface area contributed by atoms with Crippen molar-refractivity contribution in [2.75, 3.05) is 0 Å². The summed E-state index contributed by atoms with van der Waals surface area (Å²) in [5.41, 5.74) is 4.05. The highest BCUT2D eigenvalue weighted by atomic mass is 32.1. The molecule has 2 aromatic carbocycles. The second-order valence-electron chi connectivity index (χ2n) is 5.30. The van der Waals surface area contributed by atoms with Crippen molar-refractivity contribution in [3.05, 3.63) is 71.1 Å². The van der Waals surface area contributed by atoms with Gasteiger partial charge in [0.25, 0.3) is 0 Å². The average molecular weight is 335 g/mol. The van der Waals surface area contributed by atoms with Crippen LogP contribution >= 0.6 is 23.6 Å². The van der Waals surface area contributed by atoms with Gasteiger partial charge >= 0.3 is 0 Å². The highest BCUT2D eigenvalue weighted by molar-refractivity contribution is 7.71. The highest BCUT2D eigenvalue weighted by Crippen LogP contribution is 2.29. The number of benzene rings is 2. The number of nitrogens with zero attached hydrogens (tertiary/aromatic N) is 3. The summed E-state index contributed by atoms with van der Waals surface area (Å²) in [6, 6.07) is 18.4. The van der Waals surface area contributed by atoms with E-state index < -0.39 is 0 Å². The normalized spacial score (nSPS) is 11.0. The first-order chi connectivity index (χ1) is 11.2. The van der Waals surface area contributed by atoms with E-state index in [1.54, 1.807) is 11.3 Å². The van der Waals surface area contributed by atoms with E-state index >= 15 is 0 Å². The van der Waals surface area contributed by atoms with Crippen molar-refractivity contribution in [3.63, 3.8) is 0 Å². The molecule has 0 fully saturated rings. The van der Waals surface area contributed by atoms with Gasteiger partial charge in [0.15, 0.2) is 5.65 Å². The third-order valence-corrected chi connectivity index (χ3v) is 4.94. The maximum absolute atomic E-state index is 5.44. The Balaban J connectivity index is 1.87. The average Bonchev–Trinajstić information content (AvgIpc) is 2.98. The maximum Gasteiger partial charge on any atom is 0.206 e. The molecular weight excluding hydrogens is 322 g/mol. The van der Waals surface area contributed by atoms with Crippen LogP contribution < -0.4 is 0 Å². The molecule has 0 aliphatic carbocycles. The van der Waals surface area contributed by atoms with Gasteiger partial charge in [0, 0.05) is 17.4 Å². The van der Waals surface area contributed by atoms with Crippen molar-refractivity contribution >= 4 is 33.9 Å². The number of aromatic nitrogens is 3. The predicted octanol–water partition coefficient (Wildman–Crippen LogP) is 5.19. The Bertz CT molecular complexity index is 1030. The number of aryl methyl sites for hydroxylation is 1. The summed E-state index contributed by atoms with van der Waals surface area (Å²) in [5.74, 6) is 0. The van der Waals surface area contributed by atoms with Crippen molar-refractivity contribution in [1.82, 2.24) is 14.5 Å². The fraction of sp³-hybridized carbons (Fsp3) is 0.0556. The molecule has 0 spiro atoms. The molecule has 4 aromatic rings. The molecule has 2 heterocycles. The van der Waals surface area contributed by atoms with Gasteiger partial charge in [-0.05, 0) is 31.3 Å². The second-order valence-corrected chi connectivity index (χ2v) is 6.70. The SMILES string of the molecule is Cc1ccc(-n2cc3sc(-c4ccccc4)nc3nc2=S)cc1. The van der Waals surface area contributed by atoms with Crippen LogP contribution in [0.4, 0.5) is 0 Å². The van der Waals surface area contributed by atoms with Gasteiger partial charge in [-0.3, -0.25) is 4.57 Å². The molecule has 112 valence electrons. The summed E-state index contributed by atoms with van der Waals surface area (Å²) in [7, 11) is 0. The smallest absolute Gasteiger partial charge is 0.206 e. The van der Waals surface area contributed by atoms with Crippen LogP contribution in [0, 0.1) is 11.7 Å². The number of hydrogen-bond donors (Lipinski definition) is 0. The molecule has 0 amide bonds. The summed E-state index contributed by atoms with van der Waals surface area (Å²) in [6.45, 7) is 2.07. The Hall–Kier alpha value is -2.37. The van der Waals surface area contributed by atoms with Crippen LogP contribution in [0.5, 0.6) is 0 Å². The lowest BCUT2D eigenvalue weighted by atomic mass is 10.2. The number of rotatable bonds is 2. The fourth-order valence-corrected chi connectivity index (χ4v) is 3.58. The Morgan fingerprint density at radius 1 is 0.957 bits per heavy atom. The molecule has 4 rings (SSSR count). The molecule has 0 aliphatic rings. The number of fused-ring (bicyclic) bond motifs is 1. The third-order valence-electron chi connectivity index (χ3n) is 3.62. The number of hydrogen-bond acceptors (Lipinski definition) is 4. The first-order valence-corrected chi connectivity index (χ1v) is 8.46. The lowest BCUT2D eigenvalue weighted by Crippen LogP contribution is -1.98. The van der Waals surface area contributed by atoms with Crippen molar-refractivity contribution in [3.8, 4) is 16.3 Å². The maximum atomic E-state index is 5.44. The van der Waals surface area contributed by atoms with Gasteiger partial charge in [-0.2, -0.15) is 4.98 Å². The molecule has 0 N–H and O–H groups in total. The van der Waals surface area contributed by atoms with Crippen LogP contribution in [0.25, 0.3) is 26.6 Å². The molecule has 0 saturated carbocycles. The van der Waals surface area contributed by atoms with Crippen LogP contribution in [-0.4, -0.2) is 14.5 Å². The molecule has 23 heavy (non-hydrogen) atoms. The van der Waals surface area contributed by atoms with E-state index in [2.05, 4.69) is 53.3 Å². The lowest BCUT2D eigenvalue weighted by molar-refractivity contribution is 0.978. The Morgan fingerprint density at radius 2 is 1.70 bits per heavy atom. The van der Waals surface area contributed by atoms with E-state index in [0.29, 0.717) is 10.4 Å². The van der Waals surface area contributed by atoms with Gasteiger partial charge < -0.3 is 0 Å². The Labute approximate surface area is 142 Å². The largest absolute Gasteiger partial charge is 0.291 e. The summed E-state index contributed by atoms with van der Waals surface area (Å²) >= 11 is 7.07. The van der Waals surface area contributed by atoms with E-state index in [0.717, 1.165) is 21.0 Å². The third kappa shape index (κ3) is 2.69. The fourth-order valence-electron chi connectivity index (χ4n) is 2.40. The molecule has 3 nitrogen and oxygen atoms in total. The van der Waals surface area contributed by atoms with Gasteiger partial charge in [-0.15, -0.1) is 11.3 Å². The first kappa shape index (κ1) is 14.2. The molecule has 2 aromatic heterocycles. The van der Waals surface area contributed by atoms with Gasteiger partial charge in [0.05, 0.1) is 4.70 Å². The van der Waals surface area contributed by atoms with Crippen molar-refractivity contribution < 1.29 is 0 Å². The summed E-state index contributed by atoms with van der Waals surface area (Å²) in [6.07, 6.45) is 2.03. The topological polar surface area (TPSA) is 30.7 Å². The van der Waals surface area contributed by atoms with E-state index in [1.165, 1.54) is 5.56 Å². The van der Waals surface area contributed by atoms with Gasteiger partial charge in [0.2, 0.25) is 4.77 Å². The van der Waals surface area contributed by atoms with Crippen LogP contribution in [0.3, 0.4) is 0 Å². The monoisotopic (exact) mass is 335 g/mol. The zero-order chi connectivity index (χ0) is 15.8. The summed E-state index contributed by atoms with van der Waals surface area (Å²) in [5, 5.41) is 0.962. The summed E-state index contributed by atoms with van der Waals surface area (Å²) in [4.78, 5) is 9.12. The first-order valence-electron chi connectivity index (χ1n) is 7.23. The van der Waals surface area contributed by atoms with Gasteiger partial charge in [-0.25, -0.2) is 4.98 Å². The molecular formula is C18H13N3S2. The molecule has 0 atom stereocenters. The minimum absolute atomic E-state index is 0.520. The highest BCUT2D eigenvalue weighted by Gasteiger charge is 2.09. The Morgan fingerprint density at radius 3 is 2.43 bits per heavy atom. The van der Waals surface area contributed by atoms with E-state index in [9.17, 15) is 0 Å². The minimum atomic E-state index is 0.520. The molecule has 5 heteroatoms. The minimum Gasteiger partial charge on any atom is -0.291 e. The molecule has 0 aliphatic heterocycles. The molecule has 0 saturated heterocycles. The molecule has 0 bridgehead atoms. The van der Waals surface area contributed by atoms with Crippen LogP contribution in [0.2, 0.25) is 0 Å². The standard InChI is InChI=1S/C18H13N3S2/c1-12-7-9-14(10-8-12)21-11-15-16(20-18(21)22)19-17(23-15)13-5-3-2-4-6-13/h2-11H,1H3. The molecule has 0 radical (unpaired) electrons. The second kappa shape index (κ2) is 5.68.